The van der Waals surface area contributed by atoms with Crippen molar-refractivity contribution >= 4 is 21.6 Å². The minimum Gasteiger partial charge on any atom is -0.389 e. The normalized spacial score (nSPS) is 17.7. The second-order valence-corrected chi connectivity index (χ2v) is 6.77. The summed E-state index contributed by atoms with van der Waals surface area (Å²) in [7, 11) is 0. The first-order valence-electron chi connectivity index (χ1n) is 7.41. The van der Waals surface area contributed by atoms with Gasteiger partial charge in [0, 0.05) is 29.7 Å². The fraction of sp³-hybridized carbons (Fsp3) is 0.333. The Bertz CT molecular complexity index is 574. The Balaban J connectivity index is 1.62. The number of hydrogen-bond donors (Lipinski definition) is 1. The molecule has 0 atom stereocenters. The largest absolute Gasteiger partial charge is 0.389 e. The number of hydrogen-bond acceptors (Lipinski definition) is 2. The molecular formula is C18H20BrNO. The third kappa shape index (κ3) is 3.66. The Kier molecular flexibility index (Phi) is 4.32. The van der Waals surface area contributed by atoms with Gasteiger partial charge >= 0.3 is 0 Å². The van der Waals surface area contributed by atoms with E-state index in [0.29, 0.717) is 0 Å². The van der Waals surface area contributed by atoms with E-state index in [9.17, 15) is 5.11 Å². The summed E-state index contributed by atoms with van der Waals surface area (Å²) in [6, 6.07) is 18.7. The summed E-state index contributed by atoms with van der Waals surface area (Å²) in [6.45, 7) is 1.83. The van der Waals surface area contributed by atoms with E-state index in [1.165, 1.54) is 11.3 Å². The van der Waals surface area contributed by atoms with Gasteiger partial charge in [0.25, 0.3) is 0 Å². The number of piperidine rings is 1. The zero-order valence-corrected chi connectivity index (χ0v) is 13.6. The first-order valence-corrected chi connectivity index (χ1v) is 8.21. The van der Waals surface area contributed by atoms with Gasteiger partial charge in [-0.05, 0) is 42.7 Å². The van der Waals surface area contributed by atoms with Gasteiger partial charge in [0.15, 0.2) is 0 Å². The van der Waals surface area contributed by atoms with Crippen LogP contribution in [0.4, 0.5) is 5.69 Å². The van der Waals surface area contributed by atoms with E-state index in [-0.39, 0.29) is 0 Å². The van der Waals surface area contributed by atoms with Crippen LogP contribution >= 0.6 is 15.9 Å². The molecule has 0 saturated carbocycles. The molecule has 1 heterocycles. The van der Waals surface area contributed by atoms with Crippen LogP contribution in [0.5, 0.6) is 0 Å². The minimum atomic E-state index is -0.570. The second kappa shape index (κ2) is 6.20. The van der Waals surface area contributed by atoms with Crippen molar-refractivity contribution in [1.82, 2.24) is 0 Å². The highest BCUT2D eigenvalue weighted by Gasteiger charge is 2.32. The van der Waals surface area contributed by atoms with Crippen LogP contribution in [-0.4, -0.2) is 23.8 Å². The number of aliphatic hydroxyl groups is 1. The molecule has 1 saturated heterocycles. The number of anilines is 1. The molecule has 1 fully saturated rings. The monoisotopic (exact) mass is 345 g/mol. The van der Waals surface area contributed by atoms with Gasteiger partial charge in [-0.1, -0.05) is 46.3 Å². The molecule has 3 rings (SSSR count). The molecule has 1 aliphatic heterocycles. The zero-order chi connectivity index (χ0) is 14.7. The number of nitrogens with zero attached hydrogens (tertiary/aromatic N) is 1. The molecular weight excluding hydrogens is 326 g/mol. The number of para-hydroxylation sites is 1. The minimum absolute atomic E-state index is 0.570. The fourth-order valence-corrected chi connectivity index (χ4v) is 3.24. The first kappa shape index (κ1) is 14.6. The molecule has 0 spiro atoms. The van der Waals surface area contributed by atoms with E-state index in [2.05, 4.69) is 57.2 Å². The molecule has 21 heavy (non-hydrogen) atoms. The molecule has 0 aromatic heterocycles. The van der Waals surface area contributed by atoms with Gasteiger partial charge in [-0.15, -0.1) is 0 Å². The van der Waals surface area contributed by atoms with Crippen molar-refractivity contribution in [2.24, 2.45) is 0 Å². The lowest BCUT2D eigenvalue weighted by Gasteiger charge is -2.39. The number of benzene rings is 2. The molecule has 3 heteroatoms. The van der Waals surface area contributed by atoms with Crippen molar-refractivity contribution in [2.45, 2.75) is 24.9 Å². The highest BCUT2D eigenvalue weighted by molar-refractivity contribution is 9.10. The smallest absolute Gasteiger partial charge is 0.0721 e. The molecule has 1 aliphatic rings. The van der Waals surface area contributed by atoms with Gasteiger partial charge in [-0.3, -0.25) is 0 Å². The molecule has 2 nitrogen and oxygen atoms in total. The summed E-state index contributed by atoms with van der Waals surface area (Å²) >= 11 is 3.45. The molecule has 0 unspecified atom stereocenters. The van der Waals surface area contributed by atoms with Crippen LogP contribution in [0.2, 0.25) is 0 Å². The summed E-state index contributed by atoms with van der Waals surface area (Å²) in [5.74, 6) is 0. The van der Waals surface area contributed by atoms with Gasteiger partial charge < -0.3 is 10.0 Å². The summed E-state index contributed by atoms with van der Waals surface area (Å²) in [4.78, 5) is 2.36. The lowest BCUT2D eigenvalue weighted by atomic mass is 9.85. The highest BCUT2D eigenvalue weighted by atomic mass is 79.9. The predicted molar refractivity (Wildman–Crippen MR) is 90.7 cm³/mol. The quantitative estimate of drug-likeness (QED) is 0.907. The Hall–Kier alpha value is -1.32. The predicted octanol–water partition coefficient (Wildman–Crippen LogP) is 4.02. The van der Waals surface area contributed by atoms with Crippen molar-refractivity contribution < 1.29 is 5.11 Å². The standard InChI is InChI=1S/C18H20BrNO/c19-16-8-6-15(7-9-16)14-18(21)10-12-20(13-11-18)17-4-2-1-3-5-17/h1-9,21H,10-14H2. The van der Waals surface area contributed by atoms with E-state index in [1.807, 2.05) is 18.2 Å². The maximum atomic E-state index is 10.8. The maximum Gasteiger partial charge on any atom is 0.0721 e. The van der Waals surface area contributed by atoms with Crippen molar-refractivity contribution in [3.8, 4) is 0 Å². The molecule has 0 aliphatic carbocycles. The molecule has 0 radical (unpaired) electrons. The van der Waals surface area contributed by atoms with E-state index < -0.39 is 5.60 Å². The van der Waals surface area contributed by atoms with Gasteiger partial charge in [-0.25, -0.2) is 0 Å². The maximum absolute atomic E-state index is 10.8. The van der Waals surface area contributed by atoms with Crippen LogP contribution in [0.15, 0.2) is 59.1 Å². The Morgan fingerprint density at radius 1 is 0.952 bits per heavy atom. The van der Waals surface area contributed by atoms with Crippen LogP contribution in [-0.2, 0) is 6.42 Å². The molecule has 0 amide bonds. The van der Waals surface area contributed by atoms with E-state index in [4.69, 9.17) is 0 Å². The third-order valence-electron chi connectivity index (χ3n) is 4.26. The first-order chi connectivity index (χ1) is 10.1. The average Bonchev–Trinajstić information content (AvgIpc) is 2.51. The topological polar surface area (TPSA) is 23.5 Å². The van der Waals surface area contributed by atoms with Crippen LogP contribution < -0.4 is 4.90 Å². The molecule has 2 aromatic carbocycles. The Labute approximate surface area is 134 Å². The summed E-state index contributed by atoms with van der Waals surface area (Å²) in [5, 5.41) is 10.8. The second-order valence-electron chi connectivity index (χ2n) is 5.85. The van der Waals surface area contributed by atoms with Crippen LogP contribution in [0, 0.1) is 0 Å². The van der Waals surface area contributed by atoms with E-state index >= 15 is 0 Å². The molecule has 1 N–H and O–H groups in total. The number of rotatable bonds is 3. The fourth-order valence-electron chi connectivity index (χ4n) is 2.98. The lowest BCUT2D eigenvalue weighted by Crippen LogP contribution is -2.45. The zero-order valence-electron chi connectivity index (χ0n) is 12.0. The highest BCUT2D eigenvalue weighted by Crippen LogP contribution is 2.29. The van der Waals surface area contributed by atoms with Crippen molar-refractivity contribution in [3.05, 3.63) is 64.6 Å². The Morgan fingerprint density at radius 3 is 2.19 bits per heavy atom. The van der Waals surface area contributed by atoms with Crippen molar-refractivity contribution in [2.75, 3.05) is 18.0 Å². The molecule has 2 aromatic rings. The summed E-state index contributed by atoms with van der Waals surface area (Å²) < 4.78 is 1.08. The third-order valence-corrected chi connectivity index (χ3v) is 4.79. The van der Waals surface area contributed by atoms with Crippen molar-refractivity contribution in [3.63, 3.8) is 0 Å². The van der Waals surface area contributed by atoms with Crippen LogP contribution in [0.25, 0.3) is 0 Å². The Morgan fingerprint density at radius 2 is 1.57 bits per heavy atom. The summed E-state index contributed by atoms with van der Waals surface area (Å²) in [5.41, 5.74) is 1.89. The van der Waals surface area contributed by atoms with Gasteiger partial charge in [0.1, 0.15) is 0 Å². The van der Waals surface area contributed by atoms with Crippen LogP contribution in [0.1, 0.15) is 18.4 Å². The molecule has 110 valence electrons. The van der Waals surface area contributed by atoms with Gasteiger partial charge in [0.05, 0.1) is 5.60 Å². The molecule has 0 bridgehead atoms. The average molecular weight is 346 g/mol. The lowest BCUT2D eigenvalue weighted by molar-refractivity contribution is 0.0165. The van der Waals surface area contributed by atoms with Gasteiger partial charge in [-0.2, -0.15) is 0 Å². The van der Waals surface area contributed by atoms with Gasteiger partial charge in [0.2, 0.25) is 0 Å². The SMILES string of the molecule is OC1(Cc2ccc(Br)cc2)CCN(c2ccccc2)CC1. The summed E-state index contributed by atoms with van der Waals surface area (Å²) in [6.07, 6.45) is 2.37. The van der Waals surface area contributed by atoms with E-state index in [0.717, 1.165) is 36.8 Å². The van der Waals surface area contributed by atoms with Crippen LogP contribution in [0.3, 0.4) is 0 Å². The number of halogens is 1. The van der Waals surface area contributed by atoms with Crippen molar-refractivity contribution in [1.29, 1.82) is 0 Å². The van der Waals surface area contributed by atoms with E-state index in [1.54, 1.807) is 0 Å².